The Kier molecular flexibility index (Phi) is 2.32. The van der Waals surface area contributed by atoms with Crippen LogP contribution in [0.25, 0.3) is 0 Å². The van der Waals surface area contributed by atoms with Gasteiger partial charge in [-0.05, 0) is 24.3 Å². The highest BCUT2D eigenvalue weighted by atomic mass is 16.3. The second kappa shape index (κ2) is 3.70. The Morgan fingerprint density at radius 3 is 2.50 bits per heavy atom. The number of hydrogen-bond acceptors (Lipinski definition) is 2. The van der Waals surface area contributed by atoms with E-state index in [2.05, 4.69) is 12.1 Å². The Hall–Kier alpha value is -1.15. The van der Waals surface area contributed by atoms with E-state index in [0.717, 1.165) is 12.8 Å². The largest absolute Gasteiger partial charge is 0.392 e. The van der Waals surface area contributed by atoms with Crippen LogP contribution in [0.15, 0.2) is 30.3 Å². The van der Waals surface area contributed by atoms with E-state index in [-0.39, 0.29) is 17.6 Å². The van der Waals surface area contributed by atoms with E-state index in [9.17, 15) is 9.90 Å². The number of fused-ring (bicyclic) bond motifs is 3. The van der Waals surface area contributed by atoms with Crippen LogP contribution in [0.3, 0.4) is 0 Å². The Morgan fingerprint density at radius 2 is 1.88 bits per heavy atom. The van der Waals surface area contributed by atoms with Gasteiger partial charge in [0.1, 0.15) is 5.78 Å². The van der Waals surface area contributed by atoms with Crippen molar-refractivity contribution in [2.24, 2.45) is 11.8 Å². The molecule has 1 N–H and O–H groups in total. The Balaban J connectivity index is 1.95. The number of hydrogen-bond donors (Lipinski definition) is 1. The molecule has 3 fully saturated rings. The summed E-state index contributed by atoms with van der Waals surface area (Å²) in [5.74, 6) is 0.707. The van der Waals surface area contributed by atoms with Crippen molar-refractivity contribution in [3.63, 3.8) is 0 Å². The molecule has 4 atom stereocenters. The molecular formula is C14H16O2. The second-order valence-corrected chi connectivity index (χ2v) is 5.04. The smallest absolute Gasteiger partial charge is 0.138 e. The quantitative estimate of drug-likeness (QED) is 0.780. The molecular weight excluding hydrogens is 200 g/mol. The summed E-state index contributed by atoms with van der Waals surface area (Å²) in [5.41, 5.74) is 1.19. The van der Waals surface area contributed by atoms with E-state index < -0.39 is 6.10 Å². The first-order chi connectivity index (χ1) is 7.77. The topological polar surface area (TPSA) is 37.3 Å². The highest BCUT2D eigenvalue weighted by Gasteiger charge is 2.47. The molecule has 0 heterocycles. The lowest BCUT2D eigenvalue weighted by Gasteiger charge is -2.45. The van der Waals surface area contributed by atoms with E-state index in [0.29, 0.717) is 12.3 Å². The average Bonchev–Trinajstić information content (AvgIpc) is 2.30. The molecule has 0 spiro atoms. The van der Waals surface area contributed by atoms with Gasteiger partial charge in [-0.3, -0.25) is 4.79 Å². The first-order valence-corrected chi connectivity index (χ1v) is 6.03. The predicted octanol–water partition coefficient (Wildman–Crippen LogP) is 2.13. The molecule has 3 aliphatic rings. The number of aliphatic hydroxyl groups is 1. The van der Waals surface area contributed by atoms with E-state index in [1.165, 1.54) is 5.56 Å². The predicted molar refractivity (Wildman–Crippen MR) is 61.0 cm³/mol. The van der Waals surface area contributed by atoms with Crippen LogP contribution in [-0.2, 0) is 4.79 Å². The Morgan fingerprint density at radius 1 is 1.12 bits per heavy atom. The highest BCUT2D eigenvalue weighted by Crippen LogP contribution is 2.47. The molecule has 84 valence electrons. The summed E-state index contributed by atoms with van der Waals surface area (Å²) < 4.78 is 0. The standard InChI is InChI=1S/C14H16O2/c15-12-8-10-6-7-11(12)14(16)13(10)9-4-2-1-3-5-9/h1-5,10-11,13-14,16H,6-8H2/t10-,11-,13+,14-/m1/s1. The summed E-state index contributed by atoms with van der Waals surface area (Å²) in [7, 11) is 0. The zero-order valence-corrected chi connectivity index (χ0v) is 9.17. The molecule has 1 aromatic carbocycles. The van der Waals surface area contributed by atoms with Crippen LogP contribution in [0.1, 0.15) is 30.7 Å². The maximum Gasteiger partial charge on any atom is 0.138 e. The SMILES string of the molecule is O=C1C[C@H]2CC[C@H]1[C@@H](O)[C@H]2c1ccccc1. The van der Waals surface area contributed by atoms with Gasteiger partial charge >= 0.3 is 0 Å². The van der Waals surface area contributed by atoms with Gasteiger partial charge in [-0.1, -0.05) is 30.3 Å². The zero-order valence-electron chi connectivity index (χ0n) is 9.17. The fourth-order valence-corrected chi connectivity index (χ4v) is 3.41. The lowest BCUT2D eigenvalue weighted by Crippen LogP contribution is -2.47. The highest BCUT2D eigenvalue weighted by molar-refractivity contribution is 5.84. The Labute approximate surface area is 95.3 Å². The summed E-state index contributed by atoms with van der Waals surface area (Å²) >= 11 is 0. The van der Waals surface area contributed by atoms with Gasteiger partial charge in [0.2, 0.25) is 0 Å². The summed E-state index contributed by atoms with van der Waals surface area (Å²) in [6, 6.07) is 10.1. The van der Waals surface area contributed by atoms with Crippen molar-refractivity contribution in [3.05, 3.63) is 35.9 Å². The first-order valence-electron chi connectivity index (χ1n) is 6.03. The molecule has 4 rings (SSSR count). The molecule has 2 heteroatoms. The third-order valence-corrected chi connectivity index (χ3v) is 4.20. The van der Waals surface area contributed by atoms with Gasteiger partial charge in [0, 0.05) is 18.3 Å². The zero-order chi connectivity index (χ0) is 11.1. The normalized spacial score (nSPS) is 37.7. The Bertz CT molecular complexity index is 396. The van der Waals surface area contributed by atoms with Crippen LogP contribution in [0, 0.1) is 11.8 Å². The molecule has 1 aromatic rings. The lowest BCUT2D eigenvalue weighted by atomic mass is 9.60. The summed E-state index contributed by atoms with van der Waals surface area (Å²) in [4.78, 5) is 11.7. The minimum atomic E-state index is -0.456. The summed E-state index contributed by atoms with van der Waals surface area (Å²) in [6.07, 6.45) is 2.19. The number of aliphatic hydroxyl groups excluding tert-OH is 1. The van der Waals surface area contributed by atoms with Crippen LogP contribution in [0.5, 0.6) is 0 Å². The lowest BCUT2D eigenvalue weighted by molar-refractivity contribution is -0.138. The van der Waals surface area contributed by atoms with Crippen molar-refractivity contribution >= 4 is 5.78 Å². The molecule has 2 bridgehead atoms. The van der Waals surface area contributed by atoms with Crippen molar-refractivity contribution < 1.29 is 9.90 Å². The van der Waals surface area contributed by atoms with Gasteiger partial charge in [0.15, 0.2) is 0 Å². The maximum absolute atomic E-state index is 11.7. The van der Waals surface area contributed by atoms with Gasteiger partial charge in [-0.2, -0.15) is 0 Å². The molecule has 0 unspecified atom stereocenters. The molecule has 3 aliphatic carbocycles. The van der Waals surface area contributed by atoms with E-state index in [1.807, 2.05) is 18.2 Å². The monoisotopic (exact) mass is 216 g/mol. The van der Waals surface area contributed by atoms with Crippen molar-refractivity contribution in [2.75, 3.05) is 0 Å². The minimum Gasteiger partial charge on any atom is -0.392 e. The average molecular weight is 216 g/mol. The maximum atomic E-state index is 11.7. The molecule has 3 saturated carbocycles. The number of Topliss-reactive ketones (excluding diaryl/α,β-unsaturated/α-hetero) is 1. The molecule has 0 radical (unpaired) electrons. The van der Waals surface area contributed by atoms with Crippen LogP contribution >= 0.6 is 0 Å². The molecule has 0 saturated heterocycles. The fraction of sp³-hybridized carbons (Fsp3) is 0.500. The fourth-order valence-electron chi connectivity index (χ4n) is 3.41. The second-order valence-electron chi connectivity index (χ2n) is 5.04. The summed E-state index contributed by atoms with van der Waals surface area (Å²) in [5, 5.41) is 10.3. The van der Waals surface area contributed by atoms with Crippen LogP contribution < -0.4 is 0 Å². The van der Waals surface area contributed by atoms with Gasteiger partial charge in [0.05, 0.1) is 6.10 Å². The van der Waals surface area contributed by atoms with E-state index in [4.69, 9.17) is 0 Å². The van der Waals surface area contributed by atoms with E-state index >= 15 is 0 Å². The van der Waals surface area contributed by atoms with E-state index in [1.54, 1.807) is 0 Å². The molecule has 0 aromatic heterocycles. The van der Waals surface area contributed by atoms with Crippen molar-refractivity contribution in [1.29, 1.82) is 0 Å². The van der Waals surface area contributed by atoms with Crippen molar-refractivity contribution in [1.82, 2.24) is 0 Å². The number of carbonyl (C=O) groups excluding carboxylic acids is 1. The van der Waals surface area contributed by atoms with Crippen LogP contribution in [-0.4, -0.2) is 17.0 Å². The van der Waals surface area contributed by atoms with Crippen LogP contribution in [0.4, 0.5) is 0 Å². The third kappa shape index (κ3) is 1.40. The van der Waals surface area contributed by atoms with Gasteiger partial charge in [-0.25, -0.2) is 0 Å². The van der Waals surface area contributed by atoms with Crippen LogP contribution in [0.2, 0.25) is 0 Å². The molecule has 16 heavy (non-hydrogen) atoms. The van der Waals surface area contributed by atoms with Gasteiger partial charge in [-0.15, -0.1) is 0 Å². The van der Waals surface area contributed by atoms with Gasteiger partial charge in [0.25, 0.3) is 0 Å². The molecule has 2 nitrogen and oxygen atoms in total. The number of ketones is 1. The third-order valence-electron chi connectivity index (χ3n) is 4.20. The first kappa shape index (κ1) is 10.0. The molecule has 0 amide bonds. The number of rotatable bonds is 1. The van der Waals surface area contributed by atoms with Gasteiger partial charge < -0.3 is 5.11 Å². The van der Waals surface area contributed by atoms with Crippen molar-refractivity contribution in [3.8, 4) is 0 Å². The number of benzene rings is 1. The van der Waals surface area contributed by atoms with Crippen molar-refractivity contribution in [2.45, 2.75) is 31.3 Å². The number of carbonyl (C=O) groups is 1. The molecule has 0 aliphatic heterocycles. The summed E-state index contributed by atoms with van der Waals surface area (Å²) in [6.45, 7) is 0. The minimum absolute atomic E-state index is 0.102.